The first-order valence-electron chi connectivity index (χ1n) is 17.4. The fraction of sp³-hybridized carbons (Fsp3) is 0.0208. The topological polar surface area (TPSA) is 17.3 Å². The third-order valence-electron chi connectivity index (χ3n) is 11.5. The molecule has 0 fully saturated rings. The van der Waals surface area contributed by atoms with Gasteiger partial charge in [0.1, 0.15) is 5.65 Å². The highest BCUT2D eigenvalue weighted by Gasteiger charge is 2.51. The molecular weight excluding hydrogens is 605 g/mol. The van der Waals surface area contributed by atoms with Gasteiger partial charge in [-0.1, -0.05) is 127 Å². The van der Waals surface area contributed by atoms with E-state index < -0.39 is 0 Å². The molecule has 2 aliphatic rings. The first-order chi connectivity index (χ1) is 24.8. The van der Waals surface area contributed by atoms with Crippen molar-refractivity contribution in [3.63, 3.8) is 0 Å². The van der Waals surface area contributed by atoms with Gasteiger partial charge in [0.25, 0.3) is 0 Å². The summed E-state index contributed by atoms with van der Waals surface area (Å²) in [4.78, 5) is 5.18. The number of hydrogen-bond donors (Lipinski definition) is 0. The van der Waals surface area contributed by atoms with Gasteiger partial charge in [0.05, 0.1) is 22.0 Å². The highest BCUT2D eigenvalue weighted by Crippen LogP contribution is 2.63. The molecule has 0 bridgehead atoms. The molecule has 10 aromatic rings. The van der Waals surface area contributed by atoms with Crippen LogP contribution in [0.5, 0.6) is 0 Å². The molecule has 8 aromatic carbocycles. The lowest BCUT2D eigenvalue weighted by atomic mass is 9.70. The molecule has 2 aliphatic carbocycles. The van der Waals surface area contributed by atoms with Crippen molar-refractivity contribution in [3.8, 4) is 33.4 Å². The van der Waals surface area contributed by atoms with Crippen LogP contribution in [-0.4, -0.2) is 9.38 Å². The van der Waals surface area contributed by atoms with Gasteiger partial charge in [-0.25, -0.2) is 4.98 Å². The SMILES string of the molecule is c1ccc2c(c1)-c1ccccc1C21c2ccccc2-c2ccc(-c3ccc4c(c3)c3cc5ccccc5cc3c3nc5ccccc5n43)cc21. The summed E-state index contributed by atoms with van der Waals surface area (Å²) in [7, 11) is 0. The minimum absolute atomic E-state index is 0.362. The first kappa shape index (κ1) is 26.4. The predicted octanol–water partition coefficient (Wildman–Crippen LogP) is 12.0. The van der Waals surface area contributed by atoms with Crippen LogP contribution in [0.2, 0.25) is 0 Å². The normalized spacial score (nSPS) is 13.8. The van der Waals surface area contributed by atoms with E-state index in [-0.39, 0.29) is 5.41 Å². The number of pyridine rings is 1. The minimum Gasteiger partial charge on any atom is -0.292 e. The van der Waals surface area contributed by atoms with E-state index in [9.17, 15) is 0 Å². The van der Waals surface area contributed by atoms with Gasteiger partial charge in [-0.2, -0.15) is 0 Å². The highest BCUT2D eigenvalue weighted by atomic mass is 15.0. The zero-order valence-electron chi connectivity index (χ0n) is 27.1. The van der Waals surface area contributed by atoms with Crippen LogP contribution < -0.4 is 0 Å². The number of rotatable bonds is 1. The van der Waals surface area contributed by atoms with Crippen LogP contribution in [0.4, 0.5) is 0 Å². The van der Waals surface area contributed by atoms with E-state index in [4.69, 9.17) is 4.98 Å². The molecule has 0 amide bonds. The van der Waals surface area contributed by atoms with E-state index in [1.54, 1.807) is 0 Å². The molecule has 0 radical (unpaired) electrons. The lowest BCUT2D eigenvalue weighted by molar-refractivity contribution is 0.794. The van der Waals surface area contributed by atoms with Gasteiger partial charge in [0.15, 0.2) is 0 Å². The second-order valence-corrected chi connectivity index (χ2v) is 13.9. The predicted molar refractivity (Wildman–Crippen MR) is 207 cm³/mol. The maximum atomic E-state index is 5.18. The van der Waals surface area contributed by atoms with E-state index in [0.717, 1.165) is 16.7 Å². The van der Waals surface area contributed by atoms with Gasteiger partial charge in [-0.3, -0.25) is 4.40 Å². The van der Waals surface area contributed by atoms with Gasteiger partial charge < -0.3 is 0 Å². The van der Waals surface area contributed by atoms with Gasteiger partial charge in [0.2, 0.25) is 0 Å². The van der Waals surface area contributed by atoms with Crippen molar-refractivity contribution >= 4 is 49.1 Å². The quantitative estimate of drug-likeness (QED) is 0.130. The Bertz CT molecular complexity index is 3040. The third-order valence-corrected chi connectivity index (χ3v) is 11.5. The number of hydrogen-bond acceptors (Lipinski definition) is 1. The van der Waals surface area contributed by atoms with Crippen molar-refractivity contribution in [1.29, 1.82) is 0 Å². The zero-order valence-corrected chi connectivity index (χ0v) is 27.1. The first-order valence-corrected chi connectivity index (χ1v) is 17.4. The van der Waals surface area contributed by atoms with Gasteiger partial charge >= 0.3 is 0 Å². The molecule has 12 rings (SSSR count). The molecule has 0 aliphatic heterocycles. The van der Waals surface area contributed by atoms with Gasteiger partial charge in [-0.15, -0.1) is 0 Å². The Morgan fingerprint density at radius 3 is 1.62 bits per heavy atom. The Labute approximate surface area is 288 Å². The number of para-hydroxylation sites is 2. The van der Waals surface area contributed by atoms with Crippen LogP contribution in [0.15, 0.2) is 170 Å². The second-order valence-electron chi connectivity index (χ2n) is 13.9. The summed E-state index contributed by atoms with van der Waals surface area (Å²) in [6.45, 7) is 0. The van der Waals surface area contributed by atoms with Crippen LogP contribution in [0.25, 0.3) is 82.5 Å². The summed E-state index contributed by atoms with van der Waals surface area (Å²) in [5, 5.41) is 6.10. The van der Waals surface area contributed by atoms with Crippen LogP contribution in [0.1, 0.15) is 22.3 Å². The standard InChI is InChI=1S/C48H28N2/c1-2-12-30-27-39-37(25-29(30)11-1)38-26-31(22-24-45(38)50-46-20-10-9-19-44(46)49-47(39)50)32-21-23-36-35-15-5-8-18-42(35)48(43(36)28-32)40-16-6-3-13-33(40)34-14-4-7-17-41(34)48/h1-28H. The maximum Gasteiger partial charge on any atom is 0.146 e. The Balaban J connectivity index is 1.16. The number of aromatic nitrogens is 2. The Morgan fingerprint density at radius 1 is 0.380 bits per heavy atom. The van der Waals surface area contributed by atoms with E-state index in [2.05, 4.69) is 174 Å². The third kappa shape index (κ3) is 3.17. The Kier molecular flexibility index (Phi) is 4.94. The Hall–Kier alpha value is -6.51. The van der Waals surface area contributed by atoms with Crippen molar-refractivity contribution in [1.82, 2.24) is 9.38 Å². The van der Waals surface area contributed by atoms with Crippen LogP contribution >= 0.6 is 0 Å². The van der Waals surface area contributed by atoms with Crippen molar-refractivity contribution in [2.75, 3.05) is 0 Å². The number of benzene rings is 8. The van der Waals surface area contributed by atoms with Crippen LogP contribution in [-0.2, 0) is 5.41 Å². The summed E-state index contributed by atoms with van der Waals surface area (Å²) in [5.41, 5.74) is 17.2. The van der Waals surface area contributed by atoms with Crippen molar-refractivity contribution in [3.05, 3.63) is 192 Å². The molecule has 230 valence electrons. The molecular formula is C48H28N2. The lowest BCUT2D eigenvalue weighted by Crippen LogP contribution is -2.25. The summed E-state index contributed by atoms with van der Waals surface area (Å²) in [6, 6.07) is 63.1. The highest BCUT2D eigenvalue weighted by molar-refractivity contribution is 6.18. The van der Waals surface area contributed by atoms with Crippen LogP contribution in [0.3, 0.4) is 0 Å². The molecule has 50 heavy (non-hydrogen) atoms. The Morgan fingerprint density at radius 2 is 0.920 bits per heavy atom. The van der Waals surface area contributed by atoms with E-state index in [0.29, 0.717) is 0 Å². The summed E-state index contributed by atoms with van der Waals surface area (Å²) in [5.74, 6) is 0. The minimum atomic E-state index is -0.362. The van der Waals surface area contributed by atoms with Crippen molar-refractivity contribution < 1.29 is 0 Å². The summed E-state index contributed by atoms with van der Waals surface area (Å²) in [6.07, 6.45) is 0. The fourth-order valence-corrected chi connectivity index (χ4v) is 9.50. The van der Waals surface area contributed by atoms with Gasteiger partial charge in [-0.05, 0) is 114 Å². The van der Waals surface area contributed by atoms with Gasteiger partial charge in [0, 0.05) is 10.8 Å². The zero-order chi connectivity index (χ0) is 32.6. The van der Waals surface area contributed by atoms with E-state index in [1.165, 1.54) is 88.1 Å². The molecule has 0 unspecified atom stereocenters. The smallest absolute Gasteiger partial charge is 0.146 e. The molecule has 0 N–H and O–H groups in total. The van der Waals surface area contributed by atoms with E-state index in [1.807, 2.05) is 0 Å². The molecule has 1 spiro atoms. The largest absolute Gasteiger partial charge is 0.292 e. The molecule has 0 saturated heterocycles. The second kappa shape index (κ2) is 9.34. The molecule has 0 atom stereocenters. The average molecular weight is 633 g/mol. The average Bonchev–Trinajstić information content (AvgIpc) is 3.82. The number of fused-ring (bicyclic) bond motifs is 19. The number of imidazole rings is 1. The van der Waals surface area contributed by atoms with Crippen LogP contribution in [0, 0.1) is 0 Å². The monoisotopic (exact) mass is 632 g/mol. The summed E-state index contributed by atoms with van der Waals surface area (Å²) < 4.78 is 2.35. The molecule has 2 aromatic heterocycles. The summed E-state index contributed by atoms with van der Waals surface area (Å²) >= 11 is 0. The number of nitrogens with zero attached hydrogens (tertiary/aromatic N) is 2. The lowest BCUT2D eigenvalue weighted by Gasteiger charge is -2.30. The molecule has 0 saturated carbocycles. The molecule has 2 nitrogen and oxygen atoms in total. The van der Waals surface area contributed by atoms with E-state index >= 15 is 0 Å². The fourth-order valence-electron chi connectivity index (χ4n) is 9.50. The van der Waals surface area contributed by atoms with Crippen molar-refractivity contribution in [2.24, 2.45) is 0 Å². The molecule has 2 heterocycles. The maximum absolute atomic E-state index is 5.18. The van der Waals surface area contributed by atoms with Crippen molar-refractivity contribution in [2.45, 2.75) is 5.41 Å². The molecule has 2 heteroatoms.